The third-order valence-corrected chi connectivity index (χ3v) is 18.1. The Morgan fingerprint density at radius 3 is 2.10 bits per heavy atom. The van der Waals surface area contributed by atoms with E-state index in [1.54, 1.807) is 11.8 Å². The molecule has 0 saturated carbocycles. The highest BCUT2D eigenvalue weighted by Gasteiger charge is 2.42. The summed E-state index contributed by atoms with van der Waals surface area (Å²) in [6, 6.07) is 60.7. The van der Waals surface area contributed by atoms with Crippen molar-refractivity contribution < 1.29 is 9.15 Å². The van der Waals surface area contributed by atoms with Crippen LogP contribution in [0.4, 0.5) is 28.4 Å². The van der Waals surface area contributed by atoms with E-state index < -0.39 is 0 Å². The average Bonchev–Trinajstić information content (AvgIpc) is 3.87. The first-order valence-electron chi connectivity index (χ1n) is 26.0. The van der Waals surface area contributed by atoms with Crippen LogP contribution in [0.3, 0.4) is 0 Å². The van der Waals surface area contributed by atoms with E-state index in [1.807, 2.05) is 0 Å². The molecule has 2 aliphatic heterocycles. The van der Waals surface area contributed by atoms with Gasteiger partial charge >= 0.3 is 0 Å². The van der Waals surface area contributed by atoms with Crippen molar-refractivity contribution in [3.05, 3.63) is 197 Å². The molecule has 4 nitrogen and oxygen atoms in total. The number of para-hydroxylation sites is 2. The van der Waals surface area contributed by atoms with Crippen LogP contribution in [0.15, 0.2) is 178 Å². The fourth-order valence-corrected chi connectivity index (χ4v) is 13.9. The number of fused-ring (bicyclic) bond motifs is 11. The molecule has 6 heteroatoms. The van der Waals surface area contributed by atoms with Gasteiger partial charge in [-0.3, -0.25) is 0 Å². The number of hydrogen-bond acceptors (Lipinski definition) is 5. The van der Waals surface area contributed by atoms with E-state index in [-0.39, 0.29) is 16.2 Å². The predicted molar refractivity (Wildman–Crippen MR) is 308 cm³/mol. The molecule has 0 atom stereocenters. The summed E-state index contributed by atoms with van der Waals surface area (Å²) in [5.41, 5.74) is 24.9. The minimum absolute atomic E-state index is 0.00776. The van der Waals surface area contributed by atoms with Crippen LogP contribution in [0.2, 0.25) is 0 Å². The van der Waals surface area contributed by atoms with Crippen LogP contribution in [0.1, 0.15) is 87.8 Å². The lowest BCUT2D eigenvalue weighted by Crippen LogP contribution is -2.42. The van der Waals surface area contributed by atoms with Crippen LogP contribution in [0, 0.1) is 13.8 Å². The number of aryl methyl sites for hydroxylation is 2. The van der Waals surface area contributed by atoms with Crippen molar-refractivity contribution >= 4 is 80.3 Å². The summed E-state index contributed by atoms with van der Waals surface area (Å²) in [6.07, 6.45) is 2.29. The minimum atomic E-state index is -0.246. The van der Waals surface area contributed by atoms with Gasteiger partial charge in [-0.1, -0.05) is 167 Å². The first-order valence-corrected chi connectivity index (χ1v) is 26.8. The van der Waals surface area contributed by atoms with Gasteiger partial charge in [0.25, 0.3) is 0 Å². The Kier molecular flexibility index (Phi) is 9.59. The molecule has 0 bridgehead atoms. The Balaban J connectivity index is 1.11. The molecule has 73 heavy (non-hydrogen) atoms. The lowest BCUT2D eigenvalue weighted by molar-refractivity contribution is 0.332. The van der Waals surface area contributed by atoms with Gasteiger partial charge in [0.05, 0.1) is 9.79 Å². The zero-order chi connectivity index (χ0) is 49.7. The number of rotatable bonds is 5. The Hall–Kier alpha value is -7.41. The highest BCUT2D eigenvalue weighted by Crippen LogP contribution is 2.58. The van der Waals surface area contributed by atoms with Crippen LogP contribution in [0.25, 0.3) is 55.3 Å². The van der Waals surface area contributed by atoms with Gasteiger partial charge in [0.15, 0.2) is 7.28 Å². The van der Waals surface area contributed by atoms with Crippen molar-refractivity contribution in [2.45, 2.75) is 94.3 Å². The molecule has 0 unspecified atom stereocenters. The maximum Gasteiger partial charge on any atom is 0.198 e. The van der Waals surface area contributed by atoms with Gasteiger partial charge in [0.2, 0.25) is 0 Å². The molecule has 0 amide bonds. The zero-order valence-electron chi connectivity index (χ0n) is 42.9. The Morgan fingerprint density at radius 1 is 0.534 bits per heavy atom. The highest BCUT2D eigenvalue weighted by atomic mass is 32.2. The van der Waals surface area contributed by atoms with Crippen molar-refractivity contribution in [2.75, 3.05) is 10.2 Å². The third kappa shape index (κ3) is 6.68. The summed E-state index contributed by atoms with van der Waals surface area (Å²) in [7, 11) is 0.670. The molecule has 10 aromatic rings. The largest absolute Gasteiger partial charge is 0.455 e. The lowest BCUT2D eigenvalue weighted by Gasteiger charge is -2.44. The van der Waals surface area contributed by atoms with E-state index in [4.69, 9.17) is 9.15 Å². The fourth-order valence-electron chi connectivity index (χ4n) is 12.9. The Morgan fingerprint density at radius 2 is 1.26 bits per heavy atom. The maximum absolute atomic E-state index is 7.35. The smallest absolute Gasteiger partial charge is 0.198 e. The van der Waals surface area contributed by atoms with E-state index in [0.29, 0.717) is 7.28 Å². The molecule has 356 valence electrons. The highest BCUT2D eigenvalue weighted by molar-refractivity contribution is 7.99. The quantitative estimate of drug-likeness (QED) is 0.174. The predicted octanol–water partition coefficient (Wildman–Crippen LogP) is 17.4. The Bertz CT molecular complexity index is 3990. The summed E-state index contributed by atoms with van der Waals surface area (Å²) < 4.78 is 14.2. The van der Waals surface area contributed by atoms with Crippen LogP contribution in [-0.4, -0.2) is 7.28 Å². The number of nitrogens with one attached hydrogen (secondary N) is 1. The summed E-state index contributed by atoms with van der Waals surface area (Å²) in [5.74, 6) is 1.80. The molecule has 9 aromatic carbocycles. The first kappa shape index (κ1) is 44.3. The van der Waals surface area contributed by atoms with Crippen molar-refractivity contribution in [2.24, 2.45) is 0 Å². The van der Waals surface area contributed by atoms with Crippen LogP contribution < -0.4 is 25.9 Å². The molecule has 3 heterocycles. The molecule has 4 aliphatic rings. The Labute approximate surface area is 433 Å². The number of nitrogens with zero attached hydrogens (tertiary/aromatic N) is 1. The van der Waals surface area contributed by atoms with Gasteiger partial charge in [-0.15, -0.1) is 0 Å². The molecule has 0 radical (unpaired) electrons. The maximum atomic E-state index is 7.35. The lowest BCUT2D eigenvalue weighted by atomic mass is 9.57. The fraction of sp³-hybridized carbons (Fsp3) is 0.194. The number of furan rings is 1. The van der Waals surface area contributed by atoms with Crippen LogP contribution >= 0.6 is 11.8 Å². The molecule has 0 fully saturated rings. The van der Waals surface area contributed by atoms with Crippen LogP contribution in [-0.2, 0) is 16.2 Å². The average molecular weight is 965 g/mol. The summed E-state index contributed by atoms with van der Waals surface area (Å²) in [5, 5.41) is 6.37. The van der Waals surface area contributed by atoms with E-state index in [9.17, 15) is 0 Å². The monoisotopic (exact) mass is 964 g/mol. The topological polar surface area (TPSA) is 37.6 Å². The summed E-state index contributed by atoms with van der Waals surface area (Å²) >= 11 is 1.80. The molecule has 0 spiro atoms. The first-order chi connectivity index (χ1) is 35.2. The molecular formula is C67H57BN2O2S. The van der Waals surface area contributed by atoms with Crippen molar-refractivity contribution in [3.63, 3.8) is 0 Å². The normalized spacial score (nSPS) is 16.0. The molecule has 0 saturated heterocycles. The van der Waals surface area contributed by atoms with Gasteiger partial charge in [-0.25, -0.2) is 0 Å². The standard InChI is InChI=1S/C67H57BN2O2S/c1-38-26-28-50(43(32-38)40-18-10-9-11-19-40)69-51-29-27-46-60(42-21-12-14-22-45(42)67(46,7)8)61(51)62-63-54(34-44-41-20-13-15-23-55(41)72-64(44)62)70(52-35-48-47(33-39(52)2)65(3,4)30-31-66(48,5)6)53-37-59-57(36-49(53)68-63)71-56-24-16-17-25-58(56)73-59/h9-29,32-37,68-69H,30-31H2,1-8H3. The molecule has 2 aliphatic carbocycles. The van der Waals surface area contributed by atoms with Gasteiger partial charge in [0.1, 0.15) is 22.7 Å². The van der Waals surface area contributed by atoms with Gasteiger partial charge < -0.3 is 19.4 Å². The number of ether oxygens (including phenoxy) is 1. The number of benzene rings is 9. The molecule has 1 N–H and O–H groups in total. The molecular weight excluding hydrogens is 908 g/mol. The van der Waals surface area contributed by atoms with Crippen molar-refractivity contribution in [1.82, 2.24) is 0 Å². The van der Waals surface area contributed by atoms with Gasteiger partial charge in [-0.05, 0) is 148 Å². The van der Waals surface area contributed by atoms with E-state index >= 15 is 0 Å². The van der Waals surface area contributed by atoms with Gasteiger partial charge in [0, 0.05) is 61.3 Å². The van der Waals surface area contributed by atoms with E-state index in [2.05, 4.69) is 229 Å². The second kappa shape index (κ2) is 15.8. The molecule has 14 rings (SSSR count). The van der Waals surface area contributed by atoms with Crippen LogP contribution in [0.5, 0.6) is 11.5 Å². The van der Waals surface area contributed by atoms with Crippen molar-refractivity contribution in [3.8, 4) is 44.9 Å². The van der Waals surface area contributed by atoms with E-state index in [1.165, 1.54) is 78.1 Å². The number of hydrogen-bond donors (Lipinski definition) is 1. The SMILES string of the molecule is Cc1ccc(Nc2ccc3c(c2-c2c4c(cc5c2oc2ccccc25)N(c2cc5c(cc2C)C(C)(C)CCC5(C)C)c2cc5c(cc2B4)Oc2ccccc2S5)-c2ccccc2C3(C)C)c(-c2ccccc2)c1. The van der Waals surface area contributed by atoms with Crippen molar-refractivity contribution in [1.29, 1.82) is 0 Å². The third-order valence-electron chi connectivity index (χ3n) is 17.0. The zero-order valence-corrected chi connectivity index (χ0v) is 43.7. The second-order valence-corrected chi connectivity index (χ2v) is 24.0. The van der Waals surface area contributed by atoms with E-state index in [0.717, 1.165) is 84.1 Å². The molecule has 1 aromatic heterocycles. The summed E-state index contributed by atoms with van der Waals surface area (Å²) in [4.78, 5) is 4.87. The minimum Gasteiger partial charge on any atom is -0.455 e. The number of anilines is 5. The summed E-state index contributed by atoms with van der Waals surface area (Å²) in [6.45, 7) is 19.0. The second-order valence-electron chi connectivity index (χ2n) is 22.9. The van der Waals surface area contributed by atoms with Gasteiger partial charge in [-0.2, -0.15) is 0 Å².